The number of hydrogen-bond acceptors (Lipinski definition) is 6. The van der Waals surface area contributed by atoms with Crippen molar-refractivity contribution in [3.05, 3.63) is 92.4 Å². The average Bonchev–Trinajstić information content (AvgIpc) is 3.39. The first-order valence-corrected chi connectivity index (χ1v) is 12.6. The Hall–Kier alpha value is -3.89. The number of carbonyl (C=O) groups is 1. The molecule has 3 aromatic heterocycles. The molecule has 8 nitrogen and oxygen atoms in total. The third-order valence-electron chi connectivity index (χ3n) is 5.67. The number of anilines is 1. The van der Waals surface area contributed by atoms with Gasteiger partial charge in [0.15, 0.2) is 5.16 Å². The van der Waals surface area contributed by atoms with Crippen molar-refractivity contribution in [3.63, 3.8) is 0 Å². The lowest BCUT2D eigenvalue weighted by Gasteiger charge is -2.07. The number of carbonyl (C=O) groups excluding carboxylic acids is 1. The van der Waals surface area contributed by atoms with Crippen molar-refractivity contribution in [2.24, 2.45) is 7.05 Å². The molecule has 0 radical (unpaired) electrons. The number of aromatic nitrogens is 4. The summed E-state index contributed by atoms with van der Waals surface area (Å²) in [4.78, 5) is 46.4. The number of thiophene rings is 1. The minimum Gasteiger partial charge on any atom is -0.319 e. The van der Waals surface area contributed by atoms with Crippen LogP contribution in [0, 0.1) is 6.92 Å². The number of H-pyrrole nitrogens is 1. The number of benzene rings is 2. The molecule has 5 rings (SSSR count). The lowest BCUT2D eigenvalue weighted by molar-refractivity contribution is -0.113. The van der Waals surface area contributed by atoms with Gasteiger partial charge in [0.1, 0.15) is 10.5 Å². The molecule has 1 amide bonds. The maximum Gasteiger partial charge on any atom is 0.295 e. The number of nitrogens with one attached hydrogen (secondary N) is 2. The van der Waals surface area contributed by atoms with Crippen molar-refractivity contribution in [1.82, 2.24) is 19.3 Å². The van der Waals surface area contributed by atoms with Gasteiger partial charge < -0.3 is 10.3 Å². The quantitative estimate of drug-likeness (QED) is 0.267. The molecule has 10 heteroatoms. The summed E-state index contributed by atoms with van der Waals surface area (Å²) in [5.41, 5.74) is 2.80. The molecule has 0 aliphatic rings. The minimum atomic E-state index is -0.361. The molecule has 0 bridgehead atoms. The van der Waals surface area contributed by atoms with Gasteiger partial charge in [-0.25, -0.2) is 9.67 Å². The predicted octanol–water partition coefficient (Wildman–Crippen LogP) is 4.18. The molecule has 0 atom stereocenters. The number of rotatable bonds is 6. The number of nitrogens with zero attached hydrogens (tertiary/aromatic N) is 3. The molecule has 0 spiro atoms. The van der Waals surface area contributed by atoms with Gasteiger partial charge in [0, 0.05) is 18.0 Å². The molecular formula is C25H21N5O3S2. The maximum absolute atomic E-state index is 13.0. The van der Waals surface area contributed by atoms with Crippen LogP contribution in [-0.4, -0.2) is 31.0 Å². The molecule has 5 aromatic rings. The first-order chi connectivity index (χ1) is 16.9. The Morgan fingerprint density at radius 1 is 1.09 bits per heavy atom. The Kier molecular flexibility index (Phi) is 6.14. The summed E-state index contributed by atoms with van der Waals surface area (Å²) >= 11 is 2.50. The van der Waals surface area contributed by atoms with Crippen LogP contribution < -0.4 is 16.4 Å². The topological polar surface area (TPSA) is 102 Å². The average molecular weight is 504 g/mol. The number of fused-ring (bicyclic) bond motifs is 1. The summed E-state index contributed by atoms with van der Waals surface area (Å²) in [6.45, 7) is 1.78. The fourth-order valence-corrected chi connectivity index (χ4v) is 5.52. The van der Waals surface area contributed by atoms with Gasteiger partial charge in [0.25, 0.3) is 11.1 Å². The summed E-state index contributed by atoms with van der Waals surface area (Å²) in [5, 5.41) is 5.53. The Balaban J connectivity index is 1.34. The monoisotopic (exact) mass is 503 g/mol. The molecule has 0 saturated heterocycles. The van der Waals surface area contributed by atoms with Gasteiger partial charge in [-0.3, -0.25) is 19.1 Å². The van der Waals surface area contributed by atoms with Gasteiger partial charge in [-0.2, -0.15) is 0 Å². The van der Waals surface area contributed by atoms with Crippen LogP contribution in [0.1, 0.15) is 5.69 Å². The second-order valence-corrected chi connectivity index (χ2v) is 9.66. The molecule has 0 aliphatic heterocycles. The zero-order valence-electron chi connectivity index (χ0n) is 18.9. The van der Waals surface area contributed by atoms with Crippen molar-refractivity contribution in [2.45, 2.75) is 12.1 Å². The number of hydrogen-bond donors (Lipinski definition) is 2. The van der Waals surface area contributed by atoms with Gasteiger partial charge >= 0.3 is 0 Å². The third kappa shape index (κ3) is 4.33. The molecule has 35 heavy (non-hydrogen) atoms. The molecule has 0 fully saturated rings. The zero-order valence-corrected chi connectivity index (χ0v) is 20.6. The Bertz CT molecular complexity index is 1650. The molecule has 2 N–H and O–H groups in total. The fraction of sp³-hybridized carbons (Fsp3) is 0.120. The third-order valence-corrected chi connectivity index (χ3v) is 7.41. The highest BCUT2D eigenvalue weighted by Crippen LogP contribution is 2.31. The van der Waals surface area contributed by atoms with E-state index in [9.17, 15) is 14.4 Å². The van der Waals surface area contributed by atoms with E-state index in [4.69, 9.17) is 0 Å². The summed E-state index contributed by atoms with van der Waals surface area (Å²) in [5.74, 6) is -0.371. The molecule has 0 unspecified atom stereocenters. The van der Waals surface area contributed by atoms with Gasteiger partial charge in [-0.1, -0.05) is 60.3 Å². The predicted molar refractivity (Wildman–Crippen MR) is 141 cm³/mol. The van der Waals surface area contributed by atoms with E-state index in [-0.39, 0.29) is 28.5 Å². The van der Waals surface area contributed by atoms with E-state index in [1.54, 1.807) is 18.7 Å². The summed E-state index contributed by atoms with van der Waals surface area (Å²) in [6.07, 6.45) is 0. The molecule has 0 saturated carbocycles. The Morgan fingerprint density at radius 3 is 2.49 bits per heavy atom. The second-order valence-electron chi connectivity index (χ2n) is 7.84. The summed E-state index contributed by atoms with van der Waals surface area (Å²) in [7, 11) is 1.77. The minimum absolute atomic E-state index is 0.00945. The summed E-state index contributed by atoms with van der Waals surface area (Å²) < 4.78 is 3.21. The SMILES string of the molecule is Cc1c(NC(=O)CSc2nc3scc(-c4ccccc4)c3c(=O)[nH]2)c(=O)n(-c2ccccc2)n1C. The lowest BCUT2D eigenvalue weighted by atomic mass is 10.1. The van der Waals surface area contributed by atoms with Crippen LogP contribution in [0.3, 0.4) is 0 Å². The van der Waals surface area contributed by atoms with Crippen molar-refractivity contribution >= 4 is 44.9 Å². The van der Waals surface area contributed by atoms with E-state index >= 15 is 0 Å². The van der Waals surface area contributed by atoms with Crippen LogP contribution in [0.5, 0.6) is 0 Å². The summed E-state index contributed by atoms with van der Waals surface area (Å²) in [6, 6.07) is 18.9. The Labute approximate surface area is 208 Å². The number of thioether (sulfide) groups is 1. The van der Waals surface area contributed by atoms with Crippen LogP contribution in [0.4, 0.5) is 5.69 Å². The van der Waals surface area contributed by atoms with Crippen LogP contribution in [0.15, 0.2) is 80.8 Å². The normalized spacial score (nSPS) is 11.1. The standard InChI is InChI=1S/C25H21N5O3S2/c1-15-21(24(33)30(29(15)2)17-11-7-4-8-12-17)26-19(31)14-35-25-27-22(32)20-18(13-34-23(20)28-25)16-9-5-3-6-10-16/h3-13H,14H2,1-2H3,(H,26,31)(H,27,28,32). The van der Waals surface area contributed by atoms with Crippen LogP contribution in [0.2, 0.25) is 0 Å². The van der Waals surface area contributed by atoms with Gasteiger partial charge in [0.05, 0.1) is 22.5 Å². The van der Waals surface area contributed by atoms with E-state index in [1.165, 1.54) is 16.0 Å². The second kappa shape index (κ2) is 9.40. The van der Waals surface area contributed by atoms with Gasteiger partial charge in [-0.05, 0) is 24.6 Å². The first-order valence-electron chi connectivity index (χ1n) is 10.8. The fourth-order valence-electron chi connectivity index (χ4n) is 3.85. The maximum atomic E-state index is 13.0. The highest BCUT2D eigenvalue weighted by atomic mass is 32.2. The van der Waals surface area contributed by atoms with Crippen molar-refractivity contribution in [3.8, 4) is 16.8 Å². The Morgan fingerprint density at radius 2 is 1.77 bits per heavy atom. The number of amides is 1. The van der Waals surface area contributed by atoms with Gasteiger partial charge in [-0.15, -0.1) is 11.3 Å². The van der Waals surface area contributed by atoms with Gasteiger partial charge in [0.2, 0.25) is 5.91 Å². The molecule has 0 aliphatic carbocycles. The molecule has 2 aromatic carbocycles. The van der Waals surface area contributed by atoms with Crippen molar-refractivity contribution < 1.29 is 4.79 Å². The van der Waals surface area contributed by atoms with E-state index in [0.717, 1.165) is 22.9 Å². The van der Waals surface area contributed by atoms with E-state index in [0.29, 0.717) is 26.8 Å². The van der Waals surface area contributed by atoms with E-state index in [1.807, 2.05) is 66.0 Å². The van der Waals surface area contributed by atoms with Crippen LogP contribution in [-0.2, 0) is 11.8 Å². The molecular weight excluding hydrogens is 482 g/mol. The zero-order chi connectivity index (χ0) is 24.5. The van der Waals surface area contributed by atoms with Crippen molar-refractivity contribution in [1.29, 1.82) is 0 Å². The number of para-hydroxylation sites is 1. The largest absolute Gasteiger partial charge is 0.319 e. The van der Waals surface area contributed by atoms with E-state index in [2.05, 4.69) is 15.3 Å². The van der Waals surface area contributed by atoms with Crippen molar-refractivity contribution in [2.75, 3.05) is 11.1 Å². The molecule has 176 valence electrons. The highest BCUT2D eigenvalue weighted by Gasteiger charge is 2.19. The van der Waals surface area contributed by atoms with E-state index < -0.39 is 0 Å². The highest BCUT2D eigenvalue weighted by molar-refractivity contribution is 7.99. The molecule has 3 heterocycles. The first kappa shape index (κ1) is 22.9. The lowest BCUT2D eigenvalue weighted by Crippen LogP contribution is -2.23. The van der Waals surface area contributed by atoms with Crippen LogP contribution >= 0.6 is 23.1 Å². The van der Waals surface area contributed by atoms with Crippen LogP contribution in [0.25, 0.3) is 27.0 Å². The number of aromatic amines is 1. The smallest absolute Gasteiger partial charge is 0.295 e.